The number of hydrogen-bond donors (Lipinski definition) is 2. The highest BCUT2D eigenvalue weighted by Crippen LogP contribution is 2.44. The van der Waals surface area contributed by atoms with Crippen LogP contribution >= 0.6 is 0 Å². The number of fused-ring (bicyclic) bond motifs is 3. The van der Waals surface area contributed by atoms with Crippen LogP contribution in [0, 0.1) is 0 Å². The van der Waals surface area contributed by atoms with Gasteiger partial charge in [0.25, 0.3) is 0 Å². The standard InChI is InChI=1S/C26H30N2O5/c1-3-22(23(29)28-15-9-14-26(28,4-2)24(30)31)27-25(32)33-16-21-19-12-7-5-10-17(19)18-11-6-8-13-20(18)21/h5-8,10-13,21-22H,3-4,9,14-16H2,1-2H3,(H,27,32)(H,30,31)/t22-,26?/m1/s1. The molecule has 7 nitrogen and oxygen atoms in total. The van der Waals surface area contributed by atoms with Crippen molar-refractivity contribution in [1.29, 1.82) is 0 Å². The van der Waals surface area contributed by atoms with Crippen molar-refractivity contribution in [1.82, 2.24) is 10.2 Å². The maximum absolute atomic E-state index is 13.2. The predicted octanol–water partition coefficient (Wildman–Crippen LogP) is 4.16. The molecule has 0 radical (unpaired) electrons. The van der Waals surface area contributed by atoms with Crippen LogP contribution in [-0.4, -0.2) is 52.7 Å². The average molecular weight is 451 g/mol. The lowest BCUT2D eigenvalue weighted by molar-refractivity contribution is -0.157. The minimum atomic E-state index is -1.20. The summed E-state index contributed by atoms with van der Waals surface area (Å²) in [5.41, 5.74) is 3.30. The molecule has 1 heterocycles. The maximum atomic E-state index is 13.2. The van der Waals surface area contributed by atoms with E-state index in [0.717, 1.165) is 22.3 Å². The van der Waals surface area contributed by atoms with Gasteiger partial charge >= 0.3 is 12.1 Å². The van der Waals surface area contributed by atoms with Gasteiger partial charge in [0, 0.05) is 12.5 Å². The first-order chi connectivity index (χ1) is 15.9. The number of carboxylic acids is 1. The highest BCUT2D eigenvalue weighted by molar-refractivity contribution is 5.92. The first-order valence-corrected chi connectivity index (χ1v) is 11.6. The van der Waals surface area contributed by atoms with Crippen LogP contribution in [0.1, 0.15) is 56.6 Å². The van der Waals surface area contributed by atoms with Crippen LogP contribution < -0.4 is 5.32 Å². The number of benzene rings is 2. The summed E-state index contributed by atoms with van der Waals surface area (Å²) in [6.45, 7) is 4.10. The summed E-state index contributed by atoms with van der Waals surface area (Å²) >= 11 is 0. The fraction of sp³-hybridized carbons (Fsp3) is 0.423. The molecule has 4 rings (SSSR count). The number of nitrogens with one attached hydrogen (secondary N) is 1. The molecule has 2 aliphatic rings. The van der Waals surface area contributed by atoms with Gasteiger partial charge in [-0.2, -0.15) is 0 Å². The second-order valence-electron chi connectivity index (χ2n) is 8.71. The Morgan fingerprint density at radius 1 is 1.09 bits per heavy atom. The molecule has 2 aromatic carbocycles. The lowest BCUT2D eigenvalue weighted by Gasteiger charge is -2.36. The average Bonchev–Trinajstić information content (AvgIpc) is 3.41. The largest absolute Gasteiger partial charge is 0.479 e. The molecule has 0 spiro atoms. The number of hydrogen-bond acceptors (Lipinski definition) is 4. The van der Waals surface area contributed by atoms with Crippen molar-refractivity contribution < 1.29 is 24.2 Å². The number of rotatable bonds is 7. The Labute approximate surface area is 193 Å². The van der Waals surface area contributed by atoms with Gasteiger partial charge in [-0.25, -0.2) is 9.59 Å². The molecule has 1 fully saturated rings. The topological polar surface area (TPSA) is 95.9 Å². The van der Waals surface area contributed by atoms with Crippen LogP contribution in [0.15, 0.2) is 48.5 Å². The van der Waals surface area contributed by atoms with E-state index in [9.17, 15) is 19.5 Å². The first-order valence-electron chi connectivity index (χ1n) is 11.6. The Hall–Kier alpha value is -3.35. The molecule has 7 heteroatoms. The van der Waals surface area contributed by atoms with Crippen molar-refractivity contribution in [3.05, 3.63) is 59.7 Å². The summed E-state index contributed by atoms with van der Waals surface area (Å²) in [5.74, 6) is -1.43. The zero-order valence-corrected chi connectivity index (χ0v) is 19.0. The minimum absolute atomic E-state index is 0.0720. The van der Waals surface area contributed by atoms with Gasteiger partial charge in [-0.1, -0.05) is 62.4 Å². The molecule has 0 aromatic heterocycles. The van der Waals surface area contributed by atoms with Gasteiger partial charge in [0.1, 0.15) is 18.2 Å². The minimum Gasteiger partial charge on any atom is -0.479 e. The maximum Gasteiger partial charge on any atom is 0.407 e. The predicted molar refractivity (Wildman–Crippen MR) is 124 cm³/mol. The third-order valence-electron chi connectivity index (χ3n) is 7.08. The molecule has 174 valence electrons. The van der Waals surface area contributed by atoms with E-state index in [1.165, 1.54) is 4.90 Å². The monoisotopic (exact) mass is 450 g/mol. The van der Waals surface area contributed by atoms with E-state index in [1.807, 2.05) is 36.4 Å². The molecular weight excluding hydrogens is 420 g/mol. The van der Waals surface area contributed by atoms with Gasteiger partial charge in [-0.15, -0.1) is 0 Å². The molecule has 2 atom stereocenters. The number of carboxylic acid groups (broad SMARTS) is 1. The van der Waals surface area contributed by atoms with E-state index in [1.54, 1.807) is 13.8 Å². The van der Waals surface area contributed by atoms with Crippen LogP contribution in [0.5, 0.6) is 0 Å². The number of alkyl carbamates (subject to hydrolysis) is 1. The zero-order chi connectivity index (χ0) is 23.6. The normalized spacial score (nSPS) is 20.1. The third-order valence-corrected chi connectivity index (χ3v) is 7.08. The number of likely N-dealkylation sites (tertiary alicyclic amines) is 1. The number of ether oxygens (including phenoxy) is 1. The van der Waals surface area contributed by atoms with Crippen molar-refractivity contribution in [2.24, 2.45) is 0 Å². The number of carbonyl (C=O) groups is 3. The summed E-state index contributed by atoms with van der Waals surface area (Å²) < 4.78 is 5.57. The molecule has 0 bridgehead atoms. The van der Waals surface area contributed by atoms with Crippen LogP contribution in [0.3, 0.4) is 0 Å². The van der Waals surface area contributed by atoms with Crippen LogP contribution in [-0.2, 0) is 14.3 Å². The SMILES string of the molecule is CC[C@@H](NC(=O)OCC1c2ccccc2-c2ccccc21)C(=O)N1CCCC1(CC)C(=O)O. The Kier molecular flexibility index (Phi) is 6.40. The lowest BCUT2D eigenvalue weighted by atomic mass is 9.92. The number of nitrogens with zero attached hydrogens (tertiary/aromatic N) is 1. The smallest absolute Gasteiger partial charge is 0.407 e. The van der Waals surface area contributed by atoms with Gasteiger partial charge in [-0.05, 0) is 47.9 Å². The molecule has 1 saturated heterocycles. The van der Waals surface area contributed by atoms with Gasteiger partial charge in [0.2, 0.25) is 5.91 Å². The van der Waals surface area contributed by atoms with Crippen LogP contribution in [0.2, 0.25) is 0 Å². The molecule has 2 amide bonds. The first kappa shape index (κ1) is 22.8. The Balaban J connectivity index is 1.43. The van der Waals surface area contributed by atoms with Gasteiger partial charge in [0.15, 0.2) is 0 Å². The summed E-state index contributed by atoms with van der Waals surface area (Å²) in [7, 11) is 0. The molecule has 33 heavy (non-hydrogen) atoms. The van der Waals surface area contributed by atoms with Crippen molar-refractivity contribution in [3.8, 4) is 11.1 Å². The third kappa shape index (κ3) is 3.96. The Morgan fingerprint density at radius 3 is 2.24 bits per heavy atom. The molecule has 1 aliphatic carbocycles. The molecule has 2 N–H and O–H groups in total. The van der Waals surface area contributed by atoms with Gasteiger partial charge in [0.05, 0.1) is 0 Å². The lowest BCUT2D eigenvalue weighted by Crippen LogP contribution is -2.58. The zero-order valence-electron chi connectivity index (χ0n) is 19.0. The highest BCUT2D eigenvalue weighted by Gasteiger charge is 2.49. The fourth-order valence-electron chi connectivity index (χ4n) is 5.25. The van der Waals surface area contributed by atoms with E-state index in [0.29, 0.717) is 32.2 Å². The molecule has 2 aromatic rings. The Bertz CT molecular complexity index is 1020. The number of amides is 2. The summed E-state index contributed by atoms with van der Waals surface area (Å²) in [6.07, 6.45) is 1.06. The molecule has 1 aliphatic heterocycles. The van der Waals surface area contributed by atoms with Gasteiger partial charge in [-0.3, -0.25) is 4.79 Å². The van der Waals surface area contributed by atoms with Crippen LogP contribution in [0.25, 0.3) is 11.1 Å². The van der Waals surface area contributed by atoms with Crippen molar-refractivity contribution in [3.63, 3.8) is 0 Å². The number of aliphatic carboxylic acids is 1. The van der Waals surface area contributed by atoms with Crippen molar-refractivity contribution in [2.75, 3.05) is 13.2 Å². The molecular formula is C26H30N2O5. The van der Waals surface area contributed by atoms with Crippen molar-refractivity contribution in [2.45, 2.75) is 57.0 Å². The quantitative estimate of drug-likeness (QED) is 0.660. The van der Waals surface area contributed by atoms with E-state index in [4.69, 9.17) is 4.74 Å². The van der Waals surface area contributed by atoms with E-state index in [2.05, 4.69) is 17.4 Å². The summed E-state index contributed by atoms with van der Waals surface area (Å²) in [4.78, 5) is 39.2. The summed E-state index contributed by atoms with van der Waals surface area (Å²) in [5, 5.41) is 12.4. The Morgan fingerprint density at radius 2 is 1.70 bits per heavy atom. The highest BCUT2D eigenvalue weighted by atomic mass is 16.5. The summed E-state index contributed by atoms with van der Waals surface area (Å²) in [6, 6.07) is 15.3. The molecule has 1 unspecified atom stereocenters. The second-order valence-corrected chi connectivity index (χ2v) is 8.71. The van der Waals surface area contributed by atoms with Crippen LogP contribution in [0.4, 0.5) is 4.79 Å². The second kappa shape index (κ2) is 9.25. The van der Waals surface area contributed by atoms with Crippen molar-refractivity contribution >= 4 is 18.0 Å². The van der Waals surface area contributed by atoms with E-state index < -0.39 is 23.6 Å². The van der Waals surface area contributed by atoms with Gasteiger partial charge < -0.3 is 20.1 Å². The number of carbonyl (C=O) groups excluding carboxylic acids is 2. The van der Waals surface area contributed by atoms with E-state index >= 15 is 0 Å². The fourth-order valence-corrected chi connectivity index (χ4v) is 5.25. The molecule has 0 saturated carbocycles. The van der Waals surface area contributed by atoms with E-state index in [-0.39, 0.29) is 18.4 Å².